The molecular formula is C20H29N5O2. The Balaban J connectivity index is 1.62. The van der Waals surface area contributed by atoms with Crippen molar-refractivity contribution < 1.29 is 9.59 Å². The molecule has 1 saturated heterocycles. The van der Waals surface area contributed by atoms with E-state index in [4.69, 9.17) is 0 Å². The number of aromatic nitrogens is 2. The molecule has 0 spiro atoms. The molecule has 2 heterocycles. The zero-order valence-corrected chi connectivity index (χ0v) is 16.6. The highest BCUT2D eigenvalue weighted by Crippen LogP contribution is 2.25. The van der Waals surface area contributed by atoms with Crippen molar-refractivity contribution in [1.82, 2.24) is 24.7 Å². The molecule has 7 heteroatoms. The SMILES string of the molecule is CC(C)[C@@H]1CN(C(=O)CCn2cnc3ccccc32)C[C@H]1NC(=O)N(C)C. The number of urea groups is 1. The molecule has 1 aromatic carbocycles. The van der Waals surface area contributed by atoms with E-state index < -0.39 is 0 Å². The highest BCUT2D eigenvalue weighted by atomic mass is 16.2. The van der Waals surface area contributed by atoms with Crippen LogP contribution in [0, 0.1) is 11.8 Å². The molecule has 1 aliphatic rings. The number of benzene rings is 1. The summed E-state index contributed by atoms with van der Waals surface area (Å²) in [4.78, 5) is 32.6. The lowest BCUT2D eigenvalue weighted by Crippen LogP contribution is -2.46. The van der Waals surface area contributed by atoms with Crippen LogP contribution in [-0.2, 0) is 11.3 Å². The number of amides is 3. The van der Waals surface area contributed by atoms with Gasteiger partial charge in [0.1, 0.15) is 0 Å². The van der Waals surface area contributed by atoms with Gasteiger partial charge in [-0.3, -0.25) is 4.79 Å². The van der Waals surface area contributed by atoms with Crippen molar-refractivity contribution in [3.63, 3.8) is 0 Å². The summed E-state index contributed by atoms with van der Waals surface area (Å²) in [6.07, 6.45) is 2.22. The Morgan fingerprint density at radius 1 is 1.26 bits per heavy atom. The molecule has 1 aromatic heterocycles. The summed E-state index contributed by atoms with van der Waals surface area (Å²) in [5.74, 6) is 0.791. The molecule has 1 aliphatic heterocycles. The molecule has 0 saturated carbocycles. The maximum absolute atomic E-state index is 12.8. The van der Waals surface area contributed by atoms with Gasteiger partial charge in [0, 0.05) is 46.1 Å². The Labute approximate surface area is 160 Å². The molecule has 1 fully saturated rings. The van der Waals surface area contributed by atoms with Gasteiger partial charge in [0.05, 0.1) is 23.4 Å². The highest BCUT2D eigenvalue weighted by molar-refractivity contribution is 5.78. The molecule has 1 N–H and O–H groups in total. The zero-order chi connectivity index (χ0) is 19.6. The van der Waals surface area contributed by atoms with Gasteiger partial charge >= 0.3 is 6.03 Å². The Kier molecular flexibility index (Phi) is 5.68. The number of imidazole rings is 1. The van der Waals surface area contributed by atoms with Crippen LogP contribution in [0.2, 0.25) is 0 Å². The average Bonchev–Trinajstić information content (AvgIpc) is 3.24. The minimum atomic E-state index is -0.107. The summed E-state index contributed by atoms with van der Waals surface area (Å²) in [5, 5.41) is 3.07. The monoisotopic (exact) mass is 371 g/mol. The molecule has 3 amide bonds. The first kappa shape index (κ1) is 19.2. The molecule has 7 nitrogen and oxygen atoms in total. The number of hydrogen-bond donors (Lipinski definition) is 1. The Hall–Kier alpha value is -2.57. The number of fused-ring (bicyclic) bond motifs is 1. The van der Waals surface area contributed by atoms with E-state index in [0.29, 0.717) is 32.0 Å². The fourth-order valence-corrected chi connectivity index (χ4v) is 3.71. The molecule has 3 rings (SSSR count). The number of rotatable bonds is 5. The molecule has 0 unspecified atom stereocenters. The number of carbonyl (C=O) groups excluding carboxylic acids is 2. The van der Waals surface area contributed by atoms with Crippen molar-refractivity contribution in [2.45, 2.75) is 32.9 Å². The molecule has 2 aromatic rings. The van der Waals surface area contributed by atoms with E-state index in [-0.39, 0.29) is 23.9 Å². The Morgan fingerprint density at radius 3 is 2.70 bits per heavy atom. The summed E-state index contributed by atoms with van der Waals surface area (Å²) < 4.78 is 2.02. The predicted molar refractivity (Wildman–Crippen MR) is 105 cm³/mol. The molecule has 146 valence electrons. The summed E-state index contributed by atoms with van der Waals surface area (Å²) in [7, 11) is 3.46. The third-order valence-corrected chi connectivity index (χ3v) is 5.38. The lowest BCUT2D eigenvalue weighted by atomic mass is 9.91. The number of likely N-dealkylation sites (tertiary alicyclic amines) is 1. The normalized spacial score (nSPS) is 19.7. The van der Waals surface area contributed by atoms with Crippen LogP contribution in [0.1, 0.15) is 20.3 Å². The van der Waals surface area contributed by atoms with E-state index in [2.05, 4.69) is 24.1 Å². The van der Waals surface area contributed by atoms with E-state index in [9.17, 15) is 9.59 Å². The first-order chi connectivity index (χ1) is 12.9. The number of nitrogens with one attached hydrogen (secondary N) is 1. The summed E-state index contributed by atoms with van der Waals surface area (Å²) >= 11 is 0. The van der Waals surface area contributed by atoms with Gasteiger partial charge in [-0.2, -0.15) is 0 Å². The standard InChI is InChI=1S/C20H29N5O2/c1-14(2)15-11-25(12-17(15)22-20(27)23(3)4)19(26)9-10-24-13-21-16-7-5-6-8-18(16)24/h5-8,13-15,17H,9-12H2,1-4H3,(H,22,27)/t15-,17+/m0/s1. The number of para-hydroxylation sites is 2. The first-order valence-corrected chi connectivity index (χ1v) is 9.52. The first-order valence-electron chi connectivity index (χ1n) is 9.52. The molecule has 0 radical (unpaired) electrons. The van der Waals surface area contributed by atoms with E-state index in [1.165, 1.54) is 4.90 Å². The van der Waals surface area contributed by atoms with Crippen LogP contribution in [0.25, 0.3) is 11.0 Å². The lowest BCUT2D eigenvalue weighted by Gasteiger charge is -2.24. The second kappa shape index (κ2) is 7.98. The van der Waals surface area contributed by atoms with Gasteiger partial charge in [0.25, 0.3) is 0 Å². The maximum Gasteiger partial charge on any atom is 0.317 e. The van der Waals surface area contributed by atoms with Gasteiger partial charge in [-0.15, -0.1) is 0 Å². The van der Waals surface area contributed by atoms with Crippen molar-refractivity contribution in [2.24, 2.45) is 11.8 Å². The van der Waals surface area contributed by atoms with Crippen molar-refractivity contribution in [3.05, 3.63) is 30.6 Å². The van der Waals surface area contributed by atoms with Crippen LogP contribution >= 0.6 is 0 Å². The lowest BCUT2D eigenvalue weighted by molar-refractivity contribution is -0.130. The van der Waals surface area contributed by atoms with E-state index in [0.717, 1.165) is 11.0 Å². The second-order valence-corrected chi connectivity index (χ2v) is 7.83. The van der Waals surface area contributed by atoms with Gasteiger partial charge < -0.3 is 19.7 Å². The topological polar surface area (TPSA) is 70.5 Å². The van der Waals surface area contributed by atoms with Crippen LogP contribution in [-0.4, -0.2) is 64.5 Å². The predicted octanol–water partition coefficient (Wildman–Crippen LogP) is 2.18. The minimum Gasteiger partial charge on any atom is -0.340 e. The van der Waals surface area contributed by atoms with E-state index >= 15 is 0 Å². The molecule has 0 aliphatic carbocycles. The van der Waals surface area contributed by atoms with Crippen molar-refractivity contribution in [2.75, 3.05) is 27.2 Å². The largest absolute Gasteiger partial charge is 0.340 e. The molecular weight excluding hydrogens is 342 g/mol. The number of hydrogen-bond acceptors (Lipinski definition) is 3. The van der Waals surface area contributed by atoms with E-state index in [1.807, 2.05) is 33.7 Å². The third kappa shape index (κ3) is 4.23. The van der Waals surface area contributed by atoms with Gasteiger partial charge in [0.15, 0.2) is 0 Å². The molecule has 2 atom stereocenters. The fraction of sp³-hybridized carbons (Fsp3) is 0.550. The average molecular weight is 371 g/mol. The van der Waals surface area contributed by atoms with Crippen molar-refractivity contribution in [1.29, 1.82) is 0 Å². The van der Waals surface area contributed by atoms with E-state index in [1.54, 1.807) is 20.4 Å². The summed E-state index contributed by atoms with van der Waals surface area (Å²) in [5.41, 5.74) is 1.99. The van der Waals surface area contributed by atoms with Gasteiger partial charge in [-0.1, -0.05) is 26.0 Å². The Morgan fingerprint density at radius 2 is 2.00 bits per heavy atom. The number of carbonyl (C=O) groups is 2. The minimum absolute atomic E-state index is 0.00192. The maximum atomic E-state index is 12.8. The smallest absolute Gasteiger partial charge is 0.317 e. The third-order valence-electron chi connectivity index (χ3n) is 5.38. The van der Waals surface area contributed by atoms with Crippen molar-refractivity contribution in [3.8, 4) is 0 Å². The zero-order valence-electron chi connectivity index (χ0n) is 16.6. The second-order valence-electron chi connectivity index (χ2n) is 7.83. The molecule has 27 heavy (non-hydrogen) atoms. The number of nitrogens with zero attached hydrogens (tertiary/aromatic N) is 4. The van der Waals surface area contributed by atoms with Crippen molar-refractivity contribution >= 4 is 23.0 Å². The van der Waals surface area contributed by atoms with Crippen LogP contribution in [0.3, 0.4) is 0 Å². The van der Waals surface area contributed by atoms with Crippen LogP contribution in [0.15, 0.2) is 30.6 Å². The van der Waals surface area contributed by atoms with Gasteiger partial charge in [-0.25, -0.2) is 9.78 Å². The Bertz CT molecular complexity index is 814. The molecule has 0 bridgehead atoms. The van der Waals surface area contributed by atoms with Gasteiger partial charge in [0.2, 0.25) is 5.91 Å². The van der Waals surface area contributed by atoms with Crippen LogP contribution < -0.4 is 5.32 Å². The summed E-state index contributed by atoms with van der Waals surface area (Å²) in [6, 6.07) is 7.82. The number of aryl methyl sites for hydroxylation is 1. The quantitative estimate of drug-likeness (QED) is 0.876. The fourth-order valence-electron chi connectivity index (χ4n) is 3.71. The van der Waals surface area contributed by atoms with Gasteiger partial charge in [-0.05, 0) is 18.1 Å². The highest BCUT2D eigenvalue weighted by Gasteiger charge is 2.37. The van der Waals surface area contributed by atoms with Crippen LogP contribution in [0.5, 0.6) is 0 Å². The van der Waals surface area contributed by atoms with Crippen LogP contribution in [0.4, 0.5) is 4.79 Å². The summed E-state index contributed by atoms with van der Waals surface area (Å²) in [6.45, 7) is 6.17.